The summed E-state index contributed by atoms with van der Waals surface area (Å²) in [6.45, 7) is 4.82. The molecule has 0 saturated carbocycles. The molecule has 0 fully saturated rings. The first-order valence-corrected chi connectivity index (χ1v) is 13.8. The number of fused-ring (bicyclic) bond motifs is 3. The molecule has 0 unspecified atom stereocenters. The van der Waals surface area contributed by atoms with Crippen LogP contribution in [0.3, 0.4) is 0 Å². The van der Waals surface area contributed by atoms with Crippen LogP contribution in [0.1, 0.15) is 46.7 Å². The van der Waals surface area contributed by atoms with Gasteiger partial charge >= 0.3 is 5.97 Å². The number of hydrogen-bond donors (Lipinski definition) is 2. The van der Waals surface area contributed by atoms with Crippen molar-refractivity contribution in [2.75, 3.05) is 13.2 Å². The van der Waals surface area contributed by atoms with Gasteiger partial charge in [-0.1, -0.05) is 54.6 Å². The van der Waals surface area contributed by atoms with Gasteiger partial charge in [-0.25, -0.2) is 4.79 Å². The van der Waals surface area contributed by atoms with Crippen LogP contribution in [0.25, 0.3) is 32.8 Å². The molecular formula is C32H34N4O3. The van der Waals surface area contributed by atoms with Crippen LogP contribution in [0, 0.1) is 6.92 Å². The number of benzene rings is 3. The first kappa shape index (κ1) is 25.2. The van der Waals surface area contributed by atoms with Gasteiger partial charge in [-0.3, -0.25) is 4.68 Å². The van der Waals surface area contributed by atoms with Crippen molar-refractivity contribution in [3.63, 3.8) is 0 Å². The van der Waals surface area contributed by atoms with Crippen molar-refractivity contribution < 1.29 is 14.6 Å². The van der Waals surface area contributed by atoms with Crippen LogP contribution >= 0.6 is 0 Å². The van der Waals surface area contributed by atoms with Crippen LogP contribution < -0.4 is 10.1 Å². The summed E-state index contributed by atoms with van der Waals surface area (Å²) in [5.41, 5.74) is 6.51. The molecule has 0 atom stereocenters. The maximum atomic E-state index is 12.8. The Balaban J connectivity index is 1.39. The van der Waals surface area contributed by atoms with Gasteiger partial charge < -0.3 is 19.7 Å². The van der Waals surface area contributed by atoms with Crippen molar-refractivity contribution in [2.24, 2.45) is 7.05 Å². The SMILES string of the molecule is Cc1c2c(nn1C)CNCCCCn1c(C(=O)O)c(CCCOc3cccc4ccccc34)c3cccc-2c31. The highest BCUT2D eigenvalue weighted by molar-refractivity contribution is 6.04. The van der Waals surface area contributed by atoms with Crippen LogP contribution in [0.4, 0.5) is 0 Å². The molecule has 0 saturated heterocycles. The van der Waals surface area contributed by atoms with E-state index in [2.05, 4.69) is 47.1 Å². The molecule has 2 N–H and O–H groups in total. The minimum atomic E-state index is -0.877. The number of para-hydroxylation sites is 1. The van der Waals surface area contributed by atoms with E-state index in [1.807, 2.05) is 42.1 Å². The molecule has 39 heavy (non-hydrogen) atoms. The van der Waals surface area contributed by atoms with E-state index < -0.39 is 5.97 Å². The van der Waals surface area contributed by atoms with Crippen molar-refractivity contribution in [1.82, 2.24) is 19.7 Å². The Morgan fingerprint density at radius 2 is 1.85 bits per heavy atom. The van der Waals surface area contributed by atoms with Gasteiger partial charge in [-0.15, -0.1) is 0 Å². The summed E-state index contributed by atoms with van der Waals surface area (Å²) in [7, 11) is 1.97. The summed E-state index contributed by atoms with van der Waals surface area (Å²) >= 11 is 0. The van der Waals surface area contributed by atoms with E-state index in [0.717, 1.165) is 74.9 Å². The maximum Gasteiger partial charge on any atom is 0.352 e. The molecule has 1 aliphatic heterocycles. The van der Waals surface area contributed by atoms with E-state index >= 15 is 0 Å². The standard InChI is InChI=1S/C32H34N4O3/c1-21-29-26-14-8-13-24-25(15-9-19-39-28-16-7-11-22-10-3-4-12-23(22)28)31(32(37)38)36(30(24)26)18-6-5-17-33-20-27(29)34-35(21)2/h3-4,7-8,10-14,16,33H,5-6,9,15,17-20H2,1-2H3,(H,37,38). The van der Waals surface area contributed by atoms with E-state index in [-0.39, 0.29) is 0 Å². The number of nitrogens with one attached hydrogen (secondary N) is 1. The van der Waals surface area contributed by atoms with Gasteiger partial charge in [0.1, 0.15) is 11.4 Å². The van der Waals surface area contributed by atoms with Gasteiger partial charge in [0.05, 0.1) is 17.8 Å². The molecule has 1 aliphatic rings. The quantitative estimate of drug-likeness (QED) is 0.264. The molecule has 7 nitrogen and oxygen atoms in total. The lowest BCUT2D eigenvalue weighted by Crippen LogP contribution is -2.16. The van der Waals surface area contributed by atoms with Gasteiger partial charge in [0.2, 0.25) is 0 Å². The van der Waals surface area contributed by atoms with Crippen molar-refractivity contribution in [1.29, 1.82) is 0 Å². The number of rotatable bonds is 6. The highest BCUT2D eigenvalue weighted by Crippen LogP contribution is 2.38. The van der Waals surface area contributed by atoms with Crippen LogP contribution in [-0.2, 0) is 26.6 Å². The number of ether oxygens (including phenoxy) is 1. The fraction of sp³-hybridized carbons (Fsp3) is 0.312. The Labute approximate surface area is 228 Å². The molecule has 6 rings (SSSR count). The van der Waals surface area contributed by atoms with Crippen LogP contribution in [0.2, 0.25) is 0 Å². The van der Waals surface area contributed by atoms with Crippen LogP contribution in [0.15, 0.2) is 60.7 Å². The second-order valence-corrected chi connectivity index (χ2v) is 10.3. The van der Waals surface area contributed by atoms with Gasteiger partial charge in [0.15, 0.2) is 0 Å². The van der Waals surface area contributed by atoms with Crippen molar-refractivity contribution in [2.45, 2.75) is 45.7 Å². The van der Waals surface area contributed by atoms with Gasteiger partial charge in [-0.05, 0) is 56.2 Å². The number of carbonyl (C=O) groups is 1. The smallest absolute Gasteiger partial charge is 0.352 e. The fourth-order valence-corrected chi connectivity index (χ4v) is 6.03. The summed E-state index contributed by atoms with van der Waals surface area (Å²) < 4.78 is 10.2. The predicted molar refractivity (Wildman–Crippen MR) is 155 cm³/mol. The van der Waals surface area contributed by atoms with Crippen LogP contribution in [0.5, 0.6) is 5.75 Å². The number of carboxylic acids is 1. The number of aromatic nitrogens is 3. The Morgan fingerprint density at radius 3 is 2.72 bits per heavy atom. The van der Waals surface area contributed by atoms with E-state index in [0.29, 0.717) is 38.2 Å². The van der Waals surface area contributed by atoms with Gasteiger partial charge in [-0.2, -0.15) is 5.10 Å². The zero-order valence-electron chi connectivity index (χ0n) is 22.5. The Kier molecular flexibility index (Phi) is 6.83. The summed E-state index contributed by atoms with van der Waals surface area (Å²) in [4.78, 5) is 12.8. The fourth-order valence-electron chi connectivity index (χ4n) is 6.03. The maximum absolute atomic E-state index is 12.8. The third kappa shape index (κ3) is 4.57. The molecular weight excluding hydrogens is 488 g/mol. The molecule has 5 aromatic rings. The lowest BCUT2D eigenvalue weighted by Gasteiger charge is -2.12. The monoisotopic (exact) mass is 522 g/mol. The third-order valence-corrected chi connectivity index (χ3v) is 7.92. The minimum Gasteiger partial charge on any atom is -0.493 e. The molecule has 0 radical (unpaired) electrons. The number of aromatic carboxylic acids is 1. The average Bonchev–Trinajstić information content (AvgIpc) is 3.40. The van der Waals surface area contributed by atoms with E-state index in [1.54, 1.807) is 0 Å². The van der Waals surface area contributed by atoms with E-state index in [9.17, 15) is 9.90 Å². The number of carboxylic acid groups (broad SMARTS) is 1. The highest BCUT2D eigenvalue weighted by atomic mass is 16.5. The average molecular weight is 523 g/mol. The second kappa shape index (κ2) is 10.6. The molecule has 0 aliphatic carbocycles. The number of aryl methyl sites for hydroxylation is 3. The number of hydrogen-bond acceptors (Lipinski definition) is 4. The summed E-state index contributed by atoms with van der Waals surface area (Å²) in [5.74, 6) is -0.0165. The highest BCUT2D eigenvalue weighted by Gasteiger charge is 2.26. The van der Waals surface area contributed by atoms with E-state index in [1.165, 1.54) is 0 Å². The molecule has 200 valence electrons. The summed E-state index contributed by atoms with van der Waals surface area (Å²) in [6.07, 6.45) is 3.21. The Hall–Kier alpha value is -4.10. The molecule has 3 aromatic carbocycles. The van der Waals surface area contributed by atoms with Crippen molar-refractivity contribution >= 4 is 27.6 Å². The van der Waals surface area contributed by atoms with Gasteiger partial charge in [0.25, 0.3) is 0 Å². The largest absolute Gasteiger partial charge is 0.493 e. The van der Waals surface area contributed by atoms with Gasteiger partial charge in [0, 0.05) is 47.7 Å². The molecule has 0 bridgehead atoms. The Bertz CT molecular complexity index is 1680. The molecule has 7 heteroatoms. The first-order chi connectivity index (χ1) is 19.0. The summed E-state index contributed by atoms with van der Waals surface area (Å²) in [6, 6.07) is 20.5. The Morgan fingerprint density at radius 1 is 1.05 bits per heavy atom. The van der Waals surface area contributed by atoms with Crippen molar-refractivity contribution in [3.05, 3.63) is 83.3 Å². The minimum absolute atomic E-state index is 0.401. The zero-order valence-corrected chi connectivity index (χ0v) is 22.5. The number of nitrogens with zero attached hydrogens (tertiary/aromatic N) is 3. The lowest BCUT2D eigenvalue weighted by atomic mass is 9.98. The van der Waals surface area contributed by atoms with Crippen molar-refractivity contribution in [3.8, 4) is 16.9 Å². The lowest BCUT2D eigenvalue weighted by molar-refractivity contribution is 0.0684. The topological polar surface area (TPSA) is 81.3 Å². The predicted octanol–water partition coefficient (Wildman–Crippen LogP) is 6.10. The molecule has 2 aromatic heterocycles. The summed E-state index contributed by atoms with van der Waals surface area (Å²) in [5, 5.41) is 22.0. The molecule has 0 amide bonds. The second-order valence-electron chi connectivity index (χ2n) is 10.3. The normalized spacial score (nSPS) is 13.8. The van der Waals surface area contributed by atoms with Crippen LogP contribution in [-0.4, -0.2) is 38.6 Å². The third-order valence-electron chi connectivity index (χ3n) is 7.92. The first-order valence-electron chi connectivity index (χ1n) is 13.8. The molecule has 0 spiro atoms. The van der Waals surface area contributed by atoms with E-state index in [4.69, 9.17) is 9.84 Å². The molecule has 3 heterocycles. The zero-order chi connectivity index (χ0) is 26.9.